The molecule has 3 atom stereocenters. The topological polar surface area (TPSA) is 6.48 Å². The molecule has 5 heteroatoms. The number of hydrogen-bond donors (Lipinski definition) is 0. The maximum atomic E-state index is 12.9. The van der Waals surface area contributed by atoms with E-state index >= 15 is 0 Å². The van der Waals surface area contributed by atoms with Crippen molar-refractivity contribution < 1.29 is 13.2 Å². The van der Waals surface area contributed by atoms with Gasteiger partial charge in [0, 0.05) is 37.9 Å². The third-order valence-electron chi connectivity index (χ3n) is 6.02. The first-order valence-corrected chi connectivity index (χ1v) is 8.67. The van der Waals surface area contributed by atoms with Crippen molar-refractivity contribution in [2.24, 2.45) is 11.8 Å². The number of nitrogens with zero attached hydrogens (tertiary/aromatic N) is 2. The van der Waals surface area contributed by atoms with E-state index in [0.29, 0.717) is 5.69 Å². The molecule has 1 aromatic rings. The number of piperazine rings is 1. The molecule has 0 amide bonds. The van der Waals surface area contributed by atoms with E-state index in [1.54, 1.807) is 6.07 Å². The summed E-state index contributed by atoms with van der Waals surface area (Å²) in [4.78, 5) is 4.69. The number of halogens is 3. The zero-order valence-corrected chi connectivity index (χ0v) is 13.2. The van der Waals surface area contributed by atoms with Gasteiger partial charge in [-0.3, -0.25) is 4.90 Å². The molecule has 1 saturated heterocycles. The van der Waals surface area contributed by atoms with E-state index < -0.39 is 11.7 Å². The minimum atomic E-state index is -4.26. The monoisotopic (exact) mass is 324 g/mol. The number of hydrogen-bond acceptors (Lipinski definition) is 2. The van der Waals surface area contributed by atoms with Crippen LogP contribution in [0.1, 0.15) is 31.2 Å². The van der Waals surface area contributed by atoms with E-state index in [0.717, 1.165) is 50.1 Å². The van der Waals surface area contributed by atoms with E-state index in [1.165, 1.54) is 37.8 Å². The SMILES string of the molecule is FC(F)(F)c1cccc(N2CCN([C@H]3C[C@H]4CC[C@H]3C4)CC2)c1. The largest absolute Gasteiger partial charge is 0.416 e. The van der Waals surface area contributed by atoms with Gasteiger partial charge in [-0.2, -0.15) is 13.2 Å². The van der Waals surface area contributed by atoms with Gasteiger partial charge in [0.25, 0.3) is 0 Å². The molecular weight excluding hydrogens is 301 g/mol. The van der Waals surface area contributed by atoms with E-state index in [2.05, 4.69) is 9.80 Å². The van der Waals surface area contributed by atoms with Crippen LogP contribution < -0.4 is 4.90 Å². The average molecular weight is 324 g/mol. The molecule has 126 valence electrons. The molecule has 2 nitrogen and oxygen atoms in total. The van der Waals surface area contributed by atoms with E-state index in [-0.39, 0.29) is 0 Å². The highest BCUT2D eigenvalue weighted by Crippen LogP contribution is 2.46. The zero-order chi connectivity index (χ0) is 16.0. The minimum absolute atomic E-state index is 0.550. The molecule has 2 saturated carbocycles. The molecule has 4 rings (SSSR count). The van der Waals surface area contributed by atoms with Crippen molar-refractivity contribution in [1.82, 2.24) is 4.90 Å². The first-order valence-electron chi connectivity index (χ1n) is 8.67. The molecule has 1 aliphatic heterocycles. The number of rotatable bonds is 2. The van der Waals surface area contributed by atoms with Gasteiger partial charge in [0.1, 0.15) is 0 Å². The van der Waals surface area contributed by atoms with Gasteiger partial charge in [0.15, 0.2) is 0 Å². The van der Waals surface area contributed by atoms with Gasteiger partial charge >= 0.3 is 6.18 Å². The molecule has 1 aromatic carbocycles. The zero-order valence-electron chi connectivity index (χ0n) is 13.2. The Kier molecular flexibility index (Phi) is 3.79. The van der Waals surface area contributed by atoms with Crippen LogP contribution in [0.25, 0.3) is 0 Å². The summed E-state index contributed by atoms with van der Waals surface area (Å²) in [5.74, 6) is 1.81. The molecular formula is C18H23F3N2. The Morgan fingerprint density at radius 3 is 2.35 bits per heavy atom. The molecule has 3 aliphatic rings. The normalized spacial score (nSPS) is 31.8. The maximum absolute atomic E-state index is 12.9. The first-order chi connectivity index (χ1) is 11.0. The molecule has 0 radical (unpaired) electrons. The van der Waals surface area contributed by atoms with E-state index in [1.807, 2.05) is 0 Å². The smallest absolute Gasteiger partial charge is 0.369 e. The first kappa shape index (κ1) is 15.3. The second-order valence-electron chi connectivity index (χ2n) is 7.31. The van der Waals surface area contributed by atoms with Crippen LogP contribution in [0.3, 0.4) is 0 Å². The summed E-state index contributed by atoms with van der Waals surface area (Å²) in [6.07, 6.45) is 1.27. The van der Waals surface area contributed by atoms with Crippen LogP contribution in [-0.4, -0.2) is 37.1 Å². The molecule has 3 fully saturated rings. The van der Waals surface area contributed by atoms with Crippen molar-refractivity contribution in [2.45, 2.75) is 37.9 Å². The maximum Gasteiger partial charge on any atom is 0.416 e. The lowest BCUT2D eigenvalue weighted by atomic mass is 9.93. The number of benzene rings is 1. The van der Waals surface area contributed by atoms with Crippen LogP contribution in [0.2, 0.25) is 0 Å². The Morgan fingerprint density at radius 2 is 1.74 bits per heavy atom. The molecule has 23 heavy (non-hydrogen) atoms. The van der Waals surface area contributed by atoms with Crippen molar-refractivity contribution >= 4 is 5.69 Å². The third kappa shape index (κ3) is 2.95. The molecule has 1 heterocycles. The van der Waals surface area contributed by atoms with Gasteiger partial charge in [-0.1, -0.05) is 12.5 Å². The highest BCUT2D eigenvalue weighted by Gasteiger charge is 2.42. The molecule has 2 aliphatic carbocycles. The quantitative estimate of drug-likeness (QED) is 0.811. The van der Waals surface area contributed by atoms with E-state index in [9.17, 15) is 13.2 Å². The van der Waals surface area contributed by atoms with Crippen molar-refractivity contribution in [3.63, 3.8) is 0 Å². The lowest BCUT2D eigenvalue weighted by Crippen LogP contribution is -2.51. The summed E-state index contributed by atoms with van der Waals surface area (Å²) < 4.78 is 38.6. The van der Waals surface area contributed by atoms with Crippen LogP contribution in [0.5, 0.6) is 0 Å². The highest BCUT2D eigenvalue weighted by atomic mass is 19.4. The van der Waals surface area contributed by atoms with Gasteiger partial charge in [-0.05, 0) is 49.3 Å². The minimum Gasteiger partial charge on any atom is -0.369 e. The van der Waals surface area contributed by atoms with Crippen molar-refractivity contribution in [1.29, 1.82) is 0 Å². The fourth-order valence-electron chi connectivity index (χ4n) is 4.85. The summed E-state index contributed by atoms with van der Waals surface area (Å²) >= 11 is 0. The van der Waals surface area contributed by atoms with Gasteiger partial charge in [-0.25, -0.2) is 0 Å². The highest BCUT2D eigenvalue weighted by molar-refractivity contribution is 5.49. The van der Waals surface area contributed by atoms with Gasteiger partial charge in [-0.15, -0.1) is 0 Å². The second kappa shape index (κ2) is 5.69. The summed E-state index contributed by atoms with van der Waals surface area (Å²) in [5, 5.41) is 0. The third-order valence-corrected chi connectivity index (χ3v) is 6.02. The average Bonchev–Trinajstić information content (AvgIpc) is 3.17. The van der Waals surface area contributed by atoms with Crippen molar-refractivity contribution in [2.75, 3.05) is 31.1 Å². The summed E-state index contributed by atoms with van der Waals surface area (Å²) in [6.45, 7) is 3.61. The lowest BCUT2D eigenvalue weighted by Gasteiger charge is -2.42. The second-order valence-corrected chi connectivity index (χ2v) is 7.31. The number of alkyl halides is 3. The molecule has 0 aromatic heterocycles. The van der Waals surface area contributed by atoms with E-state index in [4.69, 9.17) is 0 Å². The van der Waals surface area contributed by atoms with Crippen molar-refractivity contribution in [3.8, 4) is 0 Å². The Morgan fingerprint density at radius 1 is 0.957 bits per heavy atom. The van der Waals surface area contributed by atoms with Crippen LogP contribution in [0, 0.1) is 11.8 Å². The van der Waals surface area contributed by atoms with Crippen LogP contribution in [-0.2, 0) is 6.18 Å². The predicted octanol–water partition coefficient (Wildman–Crippen LogP) is 4.02. The van der Waals surface area contributed by atoms with Gasteiger partial charge in [0.05, 0.1) is 5.56 Å². The Bertz CT molecular complexity index is 564. The Hall–Kier alpha value is -1.23. The number of anilines is 1. The fraction of sp³-hybridized carbons (Fsp3) is 0.667. The summed E-state index contributed by atoms with van der Waals surface area (Å²) in [5.41, 5.74) is 0.151. The number of fused-ring (bicyclic) bond motifs is 2. The van der Waals surface area contributed by atoms with Crippen LogP contribution in [0.15, 0.2) is 24.3 Å². The predicted molar refractivity (Wildman–Crippen MR) is 84.5 cm³/mol. The molecule has 0 unspecified atom stereocenters. The van der Waals surface area contributed by atoms with Gasteiger partial charge < -0.3 is 4.90 Å². The standard InChI is InChI=1S/C18H23F3N2/c19-18(20,21)15-2-1-3-16(12-15)22-6-8-23(9-7-22)17-11-13-4-5-14(17)10-13/h1-3,12-14,17H,4-11H2/t13-,14-,17-/m0/s1. The summed E-state index contributed by atoms with van der Waals surface area (Å²) in [6, 6.07) is 6.47. The Balaban J connectivity index is 1.40. The summed E-state index contributed by atoms with van der Waals surface area (Å²) in [7, 11) is 0. The van der Waals surface area contributed by atoms with Crippen molar-refractivity contribution in [3.05, 3.63) is 29.8 Å². The lowest BCUT2D eigenvalue weighted by molar-refractivity contribution is -0.137. The van der Waals surface area contributed by atoms with Gasteiger partial charge in [0.2, 0.25) is 0 Å². The molecule has 2 bridgehead atoms. The molecule has 0 spiro atoms. The van der Waals surface area contributed by atoms with Crippen LogP contribution in [0.4, 0.5) is 18.9 Å². The fourth-order valence-corrected chi connectivity index (χ4v) is 4.85. The molecule has 0 N–H and O–H groups in total. The van der Waals surface area contributed by atoms with Crippen LogP contribution >= 0.6 is 0 Å². The Labute approximate surface area is 135 Å².